The molecule has 0 atom stereocenters. The molecule has 1 rings (SSSR count). The Balaban J connectivity index is 3.20. The first kappa shape index (κ1) is 8.59. The number of rotatable bonds is 2. The Kier molecular flexibility index (Phi) is 2.33. The summed E-state index contributed by atoms with van der Waals surface area (Å²) in [4.78, 5) is 11.1. The van der Waals surface area contributed by atoms with E-state index in [2.05, 4.69) is 5.32 Å². The van der Waals surface area contributed by atoms with Gasteiger partial charge in [-0.15, -0.1) is 0 Å². The maximum atomic E-state index is 11.1. The van der Waals surface area contributed by atoms with Crippen molar-refractivity contribution in [3.8, 4) is 0 Å². The zero-order valence-electron chi connectivity index (χ0n) is 7.22. The molecule has 0 amide bonds. The highest BCUT2D eigenvalue weighted by molar-refractivity contribution is 6.00. The largest absolute Gasteiger partial charge is 0.399 e. The Morgan fingerprint density at radius 1 is 1.50 bits per heavy atom. The molecule has 0 heterocycles. The van der Waals surface area contributed by atoms with Gasteiger partial charge >= 0.3 is 0 Å². The number of benzene rings is 1. The lowest BCUT2D eigenvalue weighted by Gasteiger charge is -2.06. The molecule has 0 radical (unpaired) electrons. The van der Waals surface area contributed by atoms with Gasteiger partial charge in [0.2, 0.25) is 0 Å². The lowest BCUT2D eigenvalue weighted by molar-refractivity contribution is 0.101. The van der Waals surface area contributed by atoms with Crippen LogP contribution in [-0.2, 0) is 0 Å². The minimum absolute atomic E-state index is 0.0411. The van der Waals surface area contributed by atoms with Crippen LogP contribution in [0, 0.1) is 0 Å². The molecule has 0 spiro atoms. The van der Waals surface area contributed by atoms with Gasteiger partial charge in [-0.1, -0.05) is 0 Å². The number of nitrogens with one attached hydrogen (secondary N) is 1. The molecular formula is C9H12N2O. The van der Waals surface area contributed by atoms with Gasteiger partial charge < -0.3 is 11.1 Å². The Morgan fingerprint density at radius 3 is 2.67 bits per heavy atom. The molecule has 3 nitrogen and oxygen atoms in total. The first-order chi connectivity index (χ1) is 5.65. The number of nitrogen functional groups attached to an aromatic ring is 1. The first-order valence-corrected chi connectivity index (χ1v) is 3.73. The van der Waals surface area contributed by atoms with E-state index in [9.17, 15) is 4.79 Å². The van der Waals surface area contributed by atoms with E-state index >= 15 is 0 Å². The van der Waals surface area contributed by atoms with E-state index in [-0.39, 0.29) is 5.78 Å². The van der Waals surface area contributed by atoms with E-state index in [1.807, 2.05) is 0 Å². The molecule has 1 aromatic carbocycles. The van der Waals surface area contributed by atoms with Crippen LogP contribution in [0.5, 0.6) is 0 Å². The molecule has 1 aromatic rings. The molecule has 3 N–H and O–H groups in total. The molecule has 0 aliphatic carbocycles. The molecule has 64 valence electrons. The monoisotopic (exact) mass is 164 g/mol. The second kappa shape index (κ2) is 3.26. The van der Waals surface area contributed by atoms with Crippen LogP contribution in [0.2, 0.25) is 0 Å². The summed E-state index contributed by atoms with van der Waals surface area (Å²) in [7, 11) is 1.77. The van der Waals surface area contributed by atoms with Crippen LogP contribution in [0.4, 0.5) is 11.4 Å². The van der Waals surface area contributed by atoms with Crippen molar-refractivity contribution in [2.45, 2.75) is 6.92 Å². The fourth-order valence-electron chi connectivity index (χ4n) is 1.08. The second-order valence-corrected chi connectivity index (χ2v) is 2.61. The van der Waals surface area contributed by atoms with Gasteiger partial charge in [-0.2, -0.15) is 0 Å². The van der Waals surface area contributed by atoms with E-state index in [1.54, 1.807) is 25.2 Å². The lowest BCUT2D eigenvalue weighted by atomic mass is 10.1. The summed E-state index contributed by atoms with van der Waals surface area (Å²) < 4.78 is 0. The van der Waals surface area contributed by atoms with Gasteiger partial charge in [-0.05, 0) is 25.1 Å². The third-order valence-corrected chi connectivity index (χ3v) is 1.69. The van der Waals surface area contributed by atoms with Crippen molar-refractivity contribution in [2.24, 2.45) is 0 Å². The van der Waals surface area contributed by atoms with Gasteiger partial charge in [-0.25, -0.2) is 0 Å². The summed E-state index contributed by atoms with van der Waals surface area (Å²) >= 11 is 0. The van der Waals surface area contributed by atoms with Gasteiger partial charge in [0.15, 0.2) is 5.78 Å². The van der Waals surface area contributed by atoms with Crippen LogP contribution >= 0.6 is 0 Å². The average molecular weight is 164 g/mol. The number of hydrogen-bond acceptors (Lipinski definition) is 3. The fourth-order valence-corrected chi connectivity index (χ4v) is 1.08. The van der Waals surface area contributed by atoms with Crippen molar-refractivity contribution >= 4 is 17.2 Å². The van der Waals surface area contributed by atoms with Gasteiger partial charge in [0.05, 0.1) is 0 Å². The number of carbonyl (C=O) groups is 1. The highest BCUT2D eigenvalue weighted by Gasteiger charge is 2.04. The number of nitrogens with two attached hydrogens (primary N) is 1. The van der Waals surface area contributed by atoms with Crippen molar-refractivity contribution in [1.82, 2.24) is 0 Å². The zero-order valence-corrected chi connectivity index (χ0v) is 7.22. The Hall–Kier alpha value is -1.51. The topological polar surface area (TPSA) is 55.1 Å². The Labute approximate surface area is 71.6 Å². The minimum Gasteiger partial charge on any atom is -0.399 e. The van der Waals surface area contributed by atoms with Crippen LogP contribution in [-0.4, -0.2) is 12.8 Å². The minimum atomic E-state index is 0.0411. The summed E-state index contributed by atoms with van der Waals surface area (Å²) in [5.41, 5.74) is 7.66. The quantitative estimate of drug-likeness (QED) is 0.514. The van der Waals surface area contributed by atoms with Crippen molar-refractivity contribution < 1.29 is 4.79 Å². The Morgan fingerprint density at radius 2 is 2.17 bits per heavy atom. The van der Waals surface area contributed by atoms with Gasteiger partial charge in [0, 0.05) is 24.0 Å². The lowest BCUT2D eigenvalue weighted by Crippen LogP contribution is -2.00. The van der Waals surface area contributed by atoms with Gasteiger partial charge in [-0.3, -0.25) is 4.79 Å². The summed E-state index contributed by atoms with van der Waals surface area (Å²) in [5.74, 6) is 0.0411. The summed E-state index contributed by atoms with van der Waals surface area (Å²) in [6.07, 6.45) is 0. The Bertz CT molecular complexity index is 307. The van der Waals surface area contributed by atoms with E-state index in [0.29, 0.717) is 11.3 Å². The molecule has 0 aromatic heterocycles. The zero-order chi connectivity index (χ0) is 9.14. The number of ketones is 1. The SMILES string of the molecule is CNc1cc(N)ccc1C(C)=O. The molecule has 0 aliphatic rings. The summed E-state index contributed by atoms with van der Waals surface area (Å²) in [6, 6.07) is 5.19. The van der Waals surface area contributed by atoms with Crippen LogP contribution < -0.4 is 11.1 Å². The molecular weight excluding hydrogens is 152 g/mol. The van der Waals surface area contributed by atoms with Crippen LogP contribution in [0.1, 0.15) is 17.3 Å². The number of anilines is 2. The molecule has 0 bridgehead atoms. The molecule has 3 heteroatoms. The van der Waals surface area contributed by atoms with Gasteiger partial charge in [0.25, 0.3) is 0 Å². The van der Waals surface area contributed by atoms with Crippen molar-refractivity contribution in [3.63, 3.8) is 0 Å². The first-order valence-electron chi connectivity index (χ1n) is 3.73. The molecule has 0 unspecified atom stereocenters. The van der Waals surface area contributed by atoms with Gasteiger partial charge in [0.1, 0.15) is 0 Å². The molecule has 0 fully saturated rings. The van der Waals surface area contributed by atoms with E-state index in [1.165, 1.54) is 6.92 Å². The highest BCUT2D eigenvalue weighted by atomic mass is 16.1. The smallest absolute Gasteiger partial charge is 0.161 e. The average Bonchev–Trinajstić information content (AvgIpc) is 2.03. The number of carbonyl (C=O) groups excluding carboxylic acids is 1. The predicted molar refractivity (Wildman–Crippen MR) is 50.4 cm³/mol. The van der Waals surface area contributed by atoms with Crippen LogP contribution in [0.3, 0.4) is 0 Å². The number of Topliss-reactive ketones (excluding diaryl/α,β-unsaturated/α-hetero) is 1. The standard InChI is InChI=1S/C9H12N2O/c1-6(12)8-4-3-7(10)5-9(8)11-2/h3-5,11H,10H2,1-2H3. The van der Waals surface area contributed by atoms with E-state index in [4.69, 9.17) is 5.73 Å². The van der Waals surface area contributed by atoms with Crippen LogP contribution in [0.25, 0.3) is 0 Å². The van der Waals surface area contributed by atoms with E-state index < -0.39 is 0 Å². The highest BCUT2D eigenvalue weighted by Crippen LogP contribution is 2.18. The maximum Gasteiger partial charge on any atom is 0.161 e. The van der Waals surface area contributed by atoms with Crippen molar-refractivity contribution in [1.29, 1.82) is 0 Å². The maximum absolute atomic E-state index is 11.1. The fraction of sp³-hybridized carbons (Fsp3) is 0.222. The molecule has 0 aliphatic heterocycles. The third-order valence-electron chi connectivity index (χ3n) is 1.69. The normalized spacial score (nSPS) is 9.50. The van der Waals surface area contributed by atoms with E-state index in [0.717, 1.165) is 5.69 Å². The summed E-state index contributed by atoms with van der Waals surface area (Å²) in [5, 5.41) is 2.92. The molecule has 12 heavy (non-hydrogen) atoms. The van der Waals surface area contributed by atoms with Crippen molar-refractivity contribution in [2.75, 3.05) is 18.1 Å². The molecule has 0 saturated carbocycles. The third kappa shape index (κ3) is 1.56. The predicted octanol–water partition coefficient (Wildman–Crippen LogP) is 1.51. The summed E-state index contributed by atoms with van der Waals surface area (Å²) in [6.45, 7) is 1.53. The number of hydrogen-bond donors (Lipinski definition) is 2. The van der Waals surface area contributed by atoms with Crippen LogP contribution in [0.15, 0.2) is 18.2 Å². The second-order valence-electron chi connectivity index (χ2n) is 2.61. The molecule has 0 saturated heterocycles. The van der Waals surface area contributed by atoms with Crippen molar-refractivity contribution in [3.05, 3.63) is 23.8 Å².